The molecule has 1 aromatic carbocycles. The van der Waals surface area contributed by atoms with E-state index in [1.807, 2.05) is 41.2 Å². The number of anilines is 1. The molecule has 0 spiro atoms. The molecular formula is C16H20N4O. The van der Waals surface area contributed by atoms with Gasteiger partial charge in [0.1, 0.15) is 0 Å². The molecule has 3 rings (SSSR count). The maximum Gasteiger partial charge on any atom is 0.225 e. The first kappa shape index (κ1) is 13.8. The van der Waals surface area contributed by atoms with Crippen molar-refractivity contribution in [3.8, 4) is 0 Å². The Hall–Kier alpha value is -2.14. The molecule has 0 radical (unpaired) electrons. The van der Waals surface area contributed by atoms with Gasteiger partial charge in [-0.25, -0.2) is 0 Å². The molecule has 1 aliphatic rings. The van der Waals surface area contributed by atoms with E-state index in [2.05, 4.69) is 15.7 Å². The Morgan fingerprint density at radius 1 is 1.33 bits per heavy atom. The molecule has 110 valence electrons. The number of hydrogen-bond donors (Lipinski definition) is 2. The summed E-state index contributed by atoms with van der Waals surface area (Å²) in [6.45, 7) is 1.46. The minimum absolute atomic E-state index is 0.0550. The number of hydrogen-bond acceptors (Lipinski definition) is 3. The molecule has 0 aliphatic heterocycles. The average Bonchev–Trinajstić information content (AvgIpc) is 3.14. The van der Waals surface area contributed by atoms with Crippen molar-refractivity contribution in [2.45, 2.75) is 31.8 Å². The third-order valence-corrected chi connectivity index (χ3v) is 3.48. The second-order valence-corrected chi connectivity index (χ2v) is 5.43. The fraction of sp³-hybridized carbons (Fsp3) is 0.375. The number of rotatable bonds is 7. The van der Waals surface area contributed by atoms with Gasteiger partial charge in [0.05, 0.1) is 6.54 Å². The molecule has 5 heteroatoms. The number of nitrogens with zero attached hydrogens (tertiary/aromatic N) is 2. The van der Waals surface area contributed by atoms with Crippen LogP contribution in [0.5, 0.6) is 0 Å². The third-order valence-electron chi connectivity index (χ3n) is 3.48. The highest BCUT2D eigenvalue weighted by Crippen LogP contribution is 2.18. The lowest BCUT2D eigenvalue weighted by Crippen LogP contribution is -2.23. The number of nitrogens with one attached hydrogen (secondary N) is 2. The van der Waals surface area contributed by atoms with Crippen molar-refractivity contribution in [1.29, 1.82) is 0 Å². The van der Waals surface area contributed by atoms with E-state index in [0.717, 1.165) is 17.8 Å². The number of carbonyl (C=O) groups excluding carboxylic acids is 1. The molecule has 0 unspecified atom stereocenters. The van der Waals surface area contributed by atoms with Crippen molar-refractivity contribution in [1.82, 2.24) is 15.1 Å². The van der Waals surface area contributed by atoms with Crippen LogP contribution in [0.3, 0.4) is 0 Å². The lowest BCUT2D eigenvalue weighted by Gasteiger charge is -2.08. The molecule has 0 atom stereocenters. The molecule has 2 N–H and O–H groups in total. The summed E-state index contributed by atoms with van der Waals surface area (Å²) in [5.41, 5.74) is 1.96. The summed E-state index contributed by atoms with van der Waals surface area (Å²) < 4.78 is 1.86. The van der Waals surface area contributed by atoms with E-state index in [0.29, 0.717) is 19.0 Å². The maximum atomic E-state index is 11.9. The zero-order valence-corrected chi connectivity index (χ0v) is 12.0. The van der Waals surface area contributed by atoms with Crippen molar-refractivity contribution >= 4 is 11.6 Å². The predicted octanol–water partition coefficient (Wildman–Crippen LogP) is 2.01. The van der Waals surface area contributed by atoms with Gasteiger partial charge in [-0.3, -0.25) is 9.48 Å². The smallest absolute Gasteiger partial charge is 0.225 e. The molecule has 21 heavy (non-hydrogen) atoms. The number of aromatic nitrogens is 2. The molecule has 2 aromatic rings. The van der Waals surface area contributed by atoms with E-state index in [-0.39, 0.29) is 5.91 Å². The third kappa shape index (κ3) is 4.43. The number of carbonyl (C=O) groups is 1. The quantitative estimate of drug-likeness (QED) is 0.817. The van der Waals surface area contributed by atoms with Gasteiger partial charge < -0.3 is 10.6 Å². The van der Waals surface area contributed by atoms with Gasteiger partial charge in [-0.1, -0.05) is 12.1 Å². The van der Waals surface area contributed by atoms with Crippen molar-refractivity contribution in [2.24, 2.45) is 0 Å². The van der Waals surface area contributed by atoms with Gasteiger partial charge in [0.15, 0.2) is 0 Å². The fourth-order valence-corrected chi connectivity index (χ4v) is 2.23. The van der Waals surface area contributed by atoms with Crippen LogP contribution in [-0.4, -0.2) is 28.3 Å². The molecule has 1 heterocycles. The van der Waals surface area contributed by atoms with E-state index in [9.17, 15) is 4.79 Å². The normalized spacial score (nSPS) is 14.1. The topological polar surface area (TPSA) is 59.0 Å². The molecule has 0 bridgehead atoms. The monoisotopic (exact) mass is 284 g/mol. The second kappa shape index (κ2) is 6.54. The summed E-state index contributed by atoms with van der Waals surface area (Å²) in [5, 5.41) is 10.5. The fourth-order valence-electron chi connectivity index (χ4n) is 2.23. The minimum atomic E-state index is 0.0550. The van der Waals surface area contributed by atoms with Crippen molar-refractivity contribution in [3.63, 3.8) is 0 Å². The predicted molar refractivity (Wildman–Crippen MR) is 82.0 cm³/mol. The Balaban J connectivity index is 1.51. The number of benzene rings is 1. The average molecular weight is 284 g/mol. The standard InChI is InChI=1S/C16H20N4O/c21-16(7-9-17-14-5-6-14)19-15-4-1-3-13(11-15)12-20-10-2-8-18-20/h1-4,8,10-11,14,17H,5-7,9,12H2,(H,19,21). The van der Waals surface area contributed by atoms with Crippen molar-refractivity contribution in [2.75, 3.05) is 11.9 Å². The van der Waals surface area contributed by atoms with Crippen LogP contribution in [0.25, 0.3) is 0 Å². The van der Waals surface area contributed by atoms with E-state index < -0.39 is 0 Å². The minimum Gasteiger partial charge on any atom is -0.326 e. The van der Waals surface area contributed by atoms with Crippen molar-refractivity contribution < 1.29 is 4.79 Å². The molecule has 0 saturated heterocycles. The zero-order chi connectivity index (χ0) is 14.5. The Morgan fingerprint density at radius 2 is 2.24 bits per heavy atom. The summed E-state index contributed by atoms with van der Waals surface area (Å²) in [7, 11) is 0. The van der Waals surface area contributed by atoms with Crippen molar-refractivity contribution in [3.05, 3.63) is 48.3 Å². The Labute approximate surface area is 124 Å². The number of amides is 1. The second-order valence-electron chi connectivity index (χ2n) is 5.43. The Kier molecular flexibility index (Phi) is 4.31. The molecule has 1 saturated carbocycles. The van der Waals surface area contributed by atoms with Gasteiger partial charge >= 0.3 is 0 Å². The first-order valence-electron chi connectivity index (χ1n) is 7.39. The van der Waals surface area contributed by atoms with Crippen LogP contribution >= 0.6 is 0 Å². The highest BCUT2D eigenvalue weighted by molar-refractivity contribution is 5.90. The van der Waals surface area contributed by atoms with Crippen LogP contribution < -0.4 is 10.6 Å². The molecular weight excluding hydrogens is 264 g/mol. The highest BCUT2D eigenvalue weighted by atomic mass is 16.1. The van der Waals surface area contributed by atoms with E-state index >= 15 is 0 Å². The van der Waals surface area contributed by atoms with E-state index in [1.54, 1.807) is 6.20 Å². The van der Waals surface area contributed by atoms with E-state index in [4.69, 9.17) is 0 Å². The van der Waals surface area contributed by atoms with Gasteiger partial charge in [0.25, 0.3) is 0 Å². The SMILES string of the molecule is O=C(CCNC1CC1)Nc1cccc(Cn2cccn2)c1. The largest absolute Gasteiger partial charge is 0.326 e. The molecule has 1 amide bonds. The molecule has 1 aromatic heterocycles. The first-order chi connectivity index (χ1) is 10.3. The van der Waals surface area contributed by atoms with Gasteiger partial charge in [-0.2, -0.15) is 5.10 Å². The summed E-state index contributed by atoms with van der Waals surface area (Å²) in [5.74, 6) is 0.0550. The van der Waals surface area contributed by atoms with Crippen LogP contribution in [0.2, 0.25) is 0 Å². The summed E-state index contributed by atoms with van der Waals surface area (Å²) >= 11 is 0. The zero-order valence-electron chi connectivity index (χ0n) is 12.0. The van der Waals surface area contributed by atoms with Gasteiger partial charge in [-0.15, -0.1) is 0 Å². The highest BCUT2D eigenvalue weighted by Gasteiger charge is 2.20. The Morgan fingerprint density at radius 3 is 3.00 bits per heavy atom. The van der Waals surface area contributed by atoms with Gasteiger partial charge in [0.2, 0.25) is 5.91 Å². The maximum absolute atomic E-state index is 11.9. The van der Waals surface area contributed by atoms with E-state index in [1.165, 1.54) is 12.8 Å². The molecule has 1 fully saturated rings. The molecule has 1 aliphatic carbocycles. The Bertz CT molecular complexity index is 590. The summed E-state index contributed by atoms with van der Waals surface area (Å²) in [4.78, 5) is 11.9. The van der Waals surface area contributed by atoms with Crippen LogP contribution in [0, 0.1) is 0 Å². The summed E-state index contributed by atoms with van der Waals surface area (Å²) in [6.07, 6.45) is 6.70. The lowest BCUT2D eigenvalue weighted by atomic mass is 10.2. The van der Waals surface area contributed by atoms with Crippen LogP contribution in [0.1, 0.15) is 24.8 Å². The molecule has 5 nitrogen and oxygen atoms in total. The first-order valence-corrected chi connectivity index (χ1v) is 7.39. The lowest BCUT2D eigenvalue weighted by molar-refractivity contribution is -0.116. The summed E-state index contributed by atoms with van der Waals surface area (Å²) in [6, 6.07) is 10.4. The van der Waals surface area contributed by atoms with Gasteiger partial charge in [0, 0.05) is 37.1 Å². The van der Waals surface area contributed by atoms with Gasteiger partial charge in [-0.05, 0) is 36.6 Å². The van der Waals surface area contributed by atoms with Crippen LogP contribution in [0.4, 0.5) is 5.69 Å². The van der Waals surface area contributed by atoms with Crippen LogP contribution in [-0.2, 0) is 11.3 Å². The van der Waals surface area contributed by atoms with Crippen LogP contribution in [0.15, 0.2) is 42.7 Å².